The molecule has 2 aromatic heterocycles. The van der Waals surface area contributed by atoms with Crippen molar-refractivity contribution in [1.82, 2.24) is 9.97 Å². The zero-order valence-corrected chi connectivity index (χ0v) is 7.34. The van der Waals surface area contributed by atoms with E-state index >= 15 is 0 Å². The van der Waals surface area contributed by atoms with Gasteiger partial charge in [-0.2, -0.15) is 5.12 Å². The van der Waals surface area contributed by atoms with E-state index in [0.29, 0.717) is 16.5 Å². The Morgan fingerprint density at radius 3 is 1.50 bits per heavy atom. The molecule has 2 aromatic rings. The largest absolute Gasteiger partial charge is 0.265 e. The van der Waals surface area contributed by atoms with E-state index in [9.17, 15) is 4.48 Å². The highest BCUT2D eigenvalue weighted by atomic mass is 19.2. The Hall–Kier alpha value is -1.97. The van der Waals surface area contributed by atoms with Gasteiger partial charge in [0.2, 0.25) is 0 Å². The van der Waals surface area contributed by atoms with E-state index in [1.54, 1.807) is 49.1 Å². The molecular formula is C10H8FN3. The minimum atomic E-state index is 0.450. The molecule has 0 fully saturated rings. The number of aromatic nitrogens is 2. The van der Waals surface area contributed by atoms with Gasteiger partial charge in [0, 0.05) is 24.8 Å². The molecule has 0 radical (unpaired) electrons. The van der Waals surface area contributed by atoms with Gasteiger partial charge in [0.15, 0.2) is 0 Å². The van der Waals surface area contributed by atoms with Crippen molar-refractivity contribution in [3.05, 3.63) is 49.1 Å². The van der Waals surface area contributed by atoms with Crippen LogP contribution >= 0.6 is 0 Å². The summed E-state index contributed by atoms with van der Waals surface area (Å²) in [5.41, 5.74) is 0.900. The van der Waals surface area contributed by atoms with Crippen molar-refractivity contribution in [2.24, 2.45) is 0 Å². The molecule has 0 atom stereocenters. The zero-order valence-electron chi connectivity index (χ0n) is 7.34. The predicted octanol–water partition coefficient (Wildman–Crippen LogP) is 2.50. The topological polar surface area (TPSA) is 29.0 Å². The van der Waals surface area contributed by atoms with Crippen LogP contribution in [0, 0.1) is 0 Å². The minimum Gasteiger partial charge on any atom is -0.265 e. The molecule has 0 unspecified atom stereocenters. The SMILES string of the molecule is FN(c1ccncc1)c1ccncc1. The number of pyridine rings is 2. The molecule has 0 N–H and O–H groups in total. The first kappa shape index (κ1) is 8.62. The van der Waals surface area contributed by atoms with Crippen LogP contribution in [0.25, 0.3) is 0 Å². The fourth-order valence-electron chi connectivity index (χ4n) is 1.10. The second-order valence-electron chi connectivity index (χ2n) is 2.69. The monoisotopic (exact) mass is 189 g/mol. The Labute approximate surface area is 80.8 Å². The average Bonchev–Trinajstić information content (AvgIpc) is 2.30. The fourth-order valence-corrected chi connectivity index (χ4v) is 1.10. The number of hydrogen-bond donors (Lipinski definition) is 0. The summed E-state index contributed by atoms with van der Waals surface area (Å²) < 4.78 is 13.6. The van der Waals surface area contributed by atoms with Crippen LogP contribution in [0.5, 0.6) is 0 Å². The summed E-state index contributed by atoms with van der Waals surface area (Å²) in [6.07, 6.45) is 6.18. The third kappa shape index (κ3) is 1.69. The number of rotatable bonds is 2. The van der Waals surface area contributed by atoms with Gasteiger partial charge in [-0.05, 0) is 24.3 Å². The van der Waals surface area contributed by atoms with Crippen molar-refractivity contribution in [2.45, 2.75) is 0 Å². The van der Waals surface area contributed by atoms with Crippen LogP contribution in [0.3, 0.4) is 0 Å². The standard InChI is InChI=1S/C10H8FN3/c11-14(9-1-5-12-6-2-9)10-3-7-13-8-4-10/h1-8H. The molecule has 0 aromatic carbocycles. The Balaban J connectivity index is 2.30. The number of hydrogen-bond acceptors (Lipinski definition) is 3. The van der Waals surface area contributed by atoms with Crippen molar-refractivity contribution in [3.8, 4) is 0 Å². The zero-order chi connectivity index (χ0) is 9.80. The molecule has 0 bridgehead atoms. The van der Waals surface area contributed by atoms with Crippen LogP contribution in [0.4, 0.5) is 15.9 Å². The van der Waals surface area contributed by atoms with Gasteiger partial charge in [-0.1, -0.05) is 4.48 Å². The molecule has 3 nitrogen and oxygen atoms in total. The Morgan fingerprint density at radius 1 is 0.786 bits per heavy atom. The Morgan fingerprint density at radius 2 is 1.14 bits per heavy atom. The molecule has 0 spiro atoms. The first-order valence-electron chi connectivity index (χ1n) is 4.14. The molecule has 2 rings (SSSR count). The molecule has 0 aliphatic heterocycles. The van der Waals surface area contributed by atoms with Gasteiger partial charge in [-0.25, -0.2) is 0 Å². The van der Waals surface area contributed by atoms with Crippen molar-refractivity contribution < 1.29 is 4.48 Å². The first-order chi connectivity index (χ1) is 6.88. The average molecular weight is 189 g/mol. The van der Waals surface area contributed by atoms with Crippen LogP contribution < -0.4 is 5.12 Å². The number of halogens is 1. The van der Waals surface area contributed by atoms with Crippen LogP contribution in [0.2, 0.25) is 0 Å². The molecule has 2 heterocycles. The summed E-state index contributed by atoms with van der Waals surface area (Å²) in [6.45, 7) is 0. The summed E-state index contributed by atoms with van der Waals surface area (Å²) in [7, 11) is 0. The van der Waals surface area contributed by atoms with Crippen LogP contribution in [0.15, 0.2) is 49.1 Å². The van der Waals surface area contributed by atoms with Gasteiger partial charge >= 0.3 is 0 Å². The predicted molar refractivity (Wildman–Crippen MR) is 51.7 cm³/mol. The van der Waals surface area contributed by atoms with E-state index in [0.717, 1.165) is 0 Å². The van der Waals surface area contributed by atoms with Crippen LogP contribution in [0.1, 0.15) is 0 Å². The third-order valence-corrected chi connectivity index (χ3v) is 1.78. The quantitative estimate of drug-likeness (QED) is 0.679. The van der Waals surface area contributed by atoms with Crippen molar-refractivity contribution in [1.29, 1.82) is 0 Å². The molecule has 70 valence electrons. The number of nitrogens with zero attached hydrogens (tertiary/aromatic N) is 3. The van der Waals surface area contributed by atoms with Crippen molar-refractivity contribution in [2.75, 3.05) is 5.12 Å². The van der Waals surface area contributed by atoms with E-state index < -0.39 is 0 Å². The summed E-state index contributed by atoms with van der Waals surface area (Å²) in [5.74, 6) is 0. The summed E-state index contributed by atoms with van der Waals surface area (Å²) in [4.78, 5) is 7.63. The van der Waals surface area contributed by atoms with Crippen molar-refractivity contribution >= 4 is 11.4 Å². The highest BCUT2D eigenvalue weighted by molar-refractivity contribution is 5.58. The normalized spacial score (nSPS) is 9.79. The minimum absolute atomic E-state index is 0.450. The Bertz CT molecular complexity index is 351. The molecule has 0 amide bonds. The fraction of sp³-hybridized carbons (Fsp3) is 0. The van der Waals surface area contributed by atoms with Gasteiger partial charge in [0.1, 0.15) is 0 Å². The van der Waals surface area contributed by atoms with Gasteiger partial charge in [-0.15, -0.1) is 0 Å². The third-order valence-electron chi connectivity index (χ3n) is 1.78. The maximum Gasteiger partial charge on any atom is 0.0777 e. The molecule has 14 heavy (non-hydrogen) atoms. The van der Waals surface area contributed by atoms with Crippen LogP contribution in [-0.4, -0.2) is 9.97 Å². The maximum absolute atomic E-state index is 13.6. The second-order valence-corrected chi connectivity index (χ2v) is 2.69. The van der Waals surface area contributed by atoms with E-state index in [2.05, 4.69) is 9.97 Å². The molecule has 0 aliphatic carbocycles. The lowest BCUT2D eigenvalue weighted by molar-refractivity contribution is 0.505. The highest BCUT2D eigenvalue weighted by Crippen LogP contribution is 2.23. The van der Waals surface area contributed by atoms with E-state index in [-0.39, 0.29) is 0 Å². The lowest BCUT2D eigenvalue weighted by Gasteiger charge is -2.12. The maximum atomic E-state index is 13.6. The van der Waals surface area contributed by atoms with Gasteiger partial charge in [-0.3, -0.25) is 9.97 Å². The summed E-state index contributed by atoms with van der Waals surface area (Å²) >= 11 is 0. The smallest absolute Gasteiger partial charge is 0.0777 e. The van der Waals surface area contributed by atoms with Crippen LogP contribution in [-0.2, 0) is 0 Å². The summed E-state index contributed by atoms with van der Waals surface area (Å²) in [5, 5.41) is 0.587. The molecular weight excluding hydrogens is 181 g/mol. The van der Waals surface area contributed by atoms with Crippen molar-refractivity contribution in [3.63, 3.8) is 0 Å². The van der Waals surface area contributed by atoms with E-state index in [4.69, 9.17) is 0 Å². The lowest BCUT2D eigenvalue weighted by Crippen LogP contribution is -2.02. The number of anilines is 2. The van der Waals surface area contributed by atoms with Gasteiger partial charge in [0.25, 0.3) is 0 Å². The lowest BCUT2D eigenvalue weighted by atomic mass is 10.3. The molecule has 4 heteroatoms. The Kier molecular flexibility index (Phi) is 2.36. The highest BCUT2D eigenvalue weighted by Gasteiger charge is 2.05. The van der Waals surface area contributed by atoms with Gasteiger partial charge < -0.3 is 0 Å². The van der Waals surface area contributed by atoms with E-state index in [1.165, 1.54) is 0 Å². The molecule has 0 saturated heterocycles. The first-order valence-corrected chi connectivity index (χ1v) is 4.14. The molecule has 0 aliphatic rings. The van der Waals surface area contributed by atoms with E-state index in [1.807, 2.05) is 0 Å². The molecule has 0 saturated carbocycles. The summed E-state index contributed by atoms with van der Waals surface area (Å²) in [6, 6.07) is 6.39. The van der Waals surface area contributed by atoms with Gasteiger partial charge in [0.05, 0.1) is 11.4 Å². The second kappa shape index (κ2) is 3.83.